The minimum atomic E-state index is 0.0158. The number of amides is 1. The van der Waals surface area contributed by atoms with Crippen molar-refractivity contribution >= 4 is 11.5 Å². The van der Waals surface area contributed by atoms with Crippen LogP contribution in [0.3, 0.4) is 0 Å². The van der Waals surface area contributed by atoms with Crippen LogP contribution in [0.25, 0.3) is 5.57 Å². The van der Waals surface area contributed by atoms with E-state index in [9.17, 15) is 4.79 Å². The highest BCUT2D eigenvalue weighted by Gasteiger charge is 2.20. The van der Waals surface area contributed by atoms with E-state index in [4.69, 9.17) is 0 Å². The van der Waals surface area contributed by atoms with Gasteiger partial charge in [-0.25, -0.2) is 4.98 Å². The number of rotatable bonds is 2. The number of aryl methyl sites for hydroxylation is 1. The highest BCUT2D eigenvalue weighted by Crippen LogP contribution is 2.22. The number of nitrogens with zero attached hydrogens (tertiary/aromatic N) is 2. The van der Waals surface area contributed by atoms with Crippen molar-refractivity contribution < 1.29 is 4.79 Å². The average Bonchev–Trinajstić information content (AvgIpc) is 2.55. The molecule has 106 valence electrons. The van der Waals surface area contributed by atoms with Crippen LogP contribution >= 0.6 is 0 Å². The van der Waals surface area contributed by atoms with Gasteiger partial charge in [-0.2, -0.15) is 0 Å². The summed E-state index contributed by atoms with van der Waals surface area (Å²) in [5.41, 5.74) is 3.97. The largest absolute Gasteiger partial charge is 0.333 e. The van der Waals surface area contributed by atoms with Gasteiger partial charge in [-0.05, 0) is 36.6 Å². The molecule has 3 nitrogen and oxygen atoms in total. The van der Waals surface area contributed by atoms with Crippen LogP contribution in [0, 0.1) is 6.92 Å². The van der Waals surface area contributed by atoms with E-state index in [0.29, 0.717) is 12.2 Å². The van der Waals surface area contributed by atoms with Crippen molar-refractivity contribution in [2.45, 2.75) is 13.3 Å². The monoisotopic (exact) mass is 278 g/mol. The van der Waals surface area contributed by atoms with E-state index in [0.717, 1.165) is 18.7 Å². The Morgan fingerprint density at radius 2 is 1.90 bits per heavy atom. The second-order valence-corrected chi connectivity index (χ2v) is 5.26. The SMILES string of the molecule is Cc1cccc(C(=O)N2CC=C(c3ccccc3)CC2)n1. The van der Waals surface area contributed by atoms with E-state index in [-0.39, 0.29) is 5.91 Å². The predicted octanol–water partition coefficient (Wildman–Crippen LogP) is 3.32. The summed E-state index contributed by atoms with van der Waals surface area (Å²) >= 11 is 0. The van der Waals surface area contributed by atoms with E-state index in [1.54, 1.807) is 6.07 Å². The third-order valence-corrected chi connectivity index (χ3v) is 3.75. The summed E-state index contributed by atoms with van der Waals surface area (Å²) in [4.78, 5) is 18.6. The third-order valence-electron chi connectivity index (χ3n) is 3.75. The molecule has 0 atom stereocenters. The summed E-state index contributed by atoms with van der Waals surface area (Å²) in [6, 6.07) is 15.9. The van der Waals surface area contributed by atoms with Crippen molar-refractivity contribution in [3.05, 3.63) is 71.6 Å². The lowest BCUT2D eigenvalue weighted by Crippen LogP contribution is -2.35. The number of carbonyl (C=O) groups is 1. The molecule has 0 N–H and O–H groups in total. The molecule has 1 amide bonds. The van der Waals surface area contributed by atoms with E-state index < -0.39 is 0 Å². The Kier molecular flexibility index (Phi) is 3.82. The third kappa shape index (κ3) is 3.02. The van der Waals surface area contributed by atoms with Crippen LogP contribution in [0.15, 0.2) is 54.6 Å². The first kappa shape index (κ1) is 13.6. The summed E-state index contributed by atoms with van der Waals surface area (Å²) in [6.07, 6.45) is 3.04. The lowest BCUT2D eigenvalue weighted by molar-refractivity contribution is 0.0767. The minimum Gasteiger partial charge on any atom is -0.333 e. The van der Waals surface area contributed by atoms with E-state index in [1.165, 1.54) is 11.1 Å². The number of hydrogen-bond donors (Lipinski definition) is 0. The maximum absolute atomic E-state index is 12.4. The maximum atomic E-state index is 12.4. The van der Waals surface area contributed by atoms with Crippen molar-refractivity contribution in [2.75, 3.05) is 13.1 Å². The van der Waals surface area contributed by atoms with Crippen molar-refractivity contribution in [2.24, 2.45) is 0 Å². The molecule has 0 saturated heterocycles. The Morgan fingerprint density at radius 3 is 2.57 bits per heavy atom. The van der Waals surface area contributed by atoms with Gasteiger partial charge in [0, 0.05) is 18.8 Å². The molecule has 3 heteroatoms. The van der Waals surface area contributed by atoms with Gasteiger partial charge in [-0.3, -0.25) is 4.79 Å². The van der Waals surface area contributed by atoms with Gasteiger partial charge in [0.05, 0.1) is 0 Å². The van der Waals surface area contributed by atoms with Crippen LogP contribution in [-0.2, 0) is 0 Å². The molecule has 2 heterocycles. The van der Waals surface area contributed by atoms with E-state index >= 15 is 0 Å². The van der Waals surface area contributed by atoms with Crippen LogP contribution in [0.1, 0.15) is 28.2 Å². The molecular formula is C18H18N2O. The lowest BCUT2D eigenvalue weighted by atomic mass is 9.99. The molecule has 0 spiro atoms. The summed E-state index contributed by atoms with van der Waals surface area (Å²) < 4.78 is 0. The molecule has 0 radical (unpaired) electrons. The smallest absolute Gasteiger partial charge is 0.272 e. The number of hydrogen-bond acceptors (Lipinski definition) is 2. The van der Waals surface area contributed by atoms with Gasteiger partial charge in [-0.1, -0.05) is 42.5 Å². The van der Waals surface area contributed by atoms with Crippen LogP contribution in [0.4, 0.5) is 0 Å². The van der Waals surface area contributed by atoms with Gasteiger partial charge < -0.3 is 4.90 Å². The van der Waals surface area contributed by atoms with Crippen LogP contribution in [0.5, 0.6) is 0 Å². The van der Waals surface area contributed by atoms with Gasteiger partial charge in [0.1, 0.15) is 5.69 Å². The topological polar surface area (TPSA) is 33.2 Å². The standard InChI is InChI=1S/C18H18N2O/c1-14-6-5-9-17(19-14)18(21)20-12-10-16(11-13-20)15-7-3-2-4-8-15/h2-10H,11-13H2,1H3. The van der Waals surface area contributed by atoms with Gasteiger partial charge >= 0.3 is 0 Å². The molecule has 1 aliphatic heterocycles. The molecular weight excluding hydrogens is 260 g/mol. The zero-order valence-electron chi connectivity index (χ0n) is 12.1. The van der Waals surface area contributed by atoms with Gasteiger partial charge in [0.15, 0.2) is 0 Å². The molecule has 1 aliphatic rings. The quantitative estimate of drug-likeness (QED) is 0.844. The zero-order chi connectivity index (χ0) is 14.7. The fourth-order valence-electron chi connectivity index (χ4n) is 2.59. The molecule has 0 saturated carbocycles. The molecule has 0 fully saturated rings. The van der Waals surface area contributed by atoms with Crippen molar-refractivity contribution in [3.8, 4) is 0 Å². The normalized spacial score (nSPS) is 14.7. The maximum Gasteiger partial charge on any atom is 0.272 e. The number of aromatic nitrogens is 1. The summed E-state index contributed by atoms with van der Waals surface area (Å²) in [7, 11) is 0. The molecule has 0 aliphatic carbocycles. The number of pyridine rings is 1. The molecule has 21 heavy (non-hydrogen) atoms. The summed E-state index contributed by atoms with van der Waals surface area (Å²) in [5, 5.41) is 0. The number of carbonyl (C=O) groups excluding carboxylic acids is 1. The highest BCUT2D eigenvalue weighted by atomic mass is 16.2. The Balaban J connectivity index is 1.73. The molecule has 1 aromatic heterocycles. The minimum absolute atomic E-state index is 0.0158. The van der Waals surface area contributed by atoms with Gasteiger partial charge in [0.2, 0.25) is 0 Å². The van der Waals surface area contributed by atoms with Crippen LogP contribution in [-0.4, -0.2) is 28.9 Å². The number of benzene rings is 1. The van der Waals surface area contributed by atoms with Crippen LogP contribution < -0.4 is 0 Å². The molecule has 0 unspecified atom stereocenters. The second-order valence-electron chi connectivity index (χ2n) is 5.26. The first-order valence-electron chi connectivity index (χ1n) is 7.21. The summed E-state index contributed by atoms with van der Waals surface area (Å²) in [6.45, 7) is 3.30. The summed E-state index contributed by atoms with van der Waals surface area (Å²) in [5.74, 6) is 0.0158. The predicted molar refractivity (Wildman–Crippen MR) is 83.9 cm³/mol. The Labute approximate surface area is 124 Å². The Hall–Kier alpha value is -2.42. The van der Waals surface area contributed by atoms with Crippen molar-refractivity contribution in [1.82, 2.24) is 9.88 Å². The molecule has 3 rings (SSSR count). The zero-order valence-corrected chi connectivity index (χ0v) is 12.1. The second kappa shape index (κ2) is 5.92. The fourth-order valence-corrected chi connectivity index (χ4v) is 2.59. The fraction of sp³-hybridized carbons (Fsp3) is 0.222. The highest BCUT2D eigenvalue weighted by molar-refractivity contribution is 5.93. The Morgan fingerprint density at radius 1 is 1.10 bits per heavy atom. The lowest BCUT2D eigenvalue weighted by Gasteiger charge is -2.26. The molecule has 1 aromatic carbocycles. The first-order chi connectivity index (χ1) is 10.2. The van der Waals surface area contributed by atoms with Gasteiger partial charge in [-0.15, -0.1) is 0 Å². The van der Waals surface area contributed by atoms with Crippen molar-refractivity contribution in [1.29, 1.82) is 0 Å². The molecule has 0 bridgehead atoms. The van der Waals surface area contributed by atoms with E-state index in [1.807, 2.05) is 42.2 Å². The Bertz CT molecular complexity index is 677. The first-order valence-corrected chi connectivity index (χ1v) is 7.21. The van der Waals surface area contributed by atoms with Gasteiger partial charge in [0.25, 0.3) is 5.91 Å². The molecule has 2 aromatic rings. The van der Waals surface area contributed by atoms with E-state index in [2.05, 4.69) is 23.2 Å². The van der Waals surface area contributed by atoms with Crippen molar-refractivity contribution in [3.63, 3.8) is 0 Å². The average molecular weight is 278 g/mol. The van der Waals surface area contributed by atoms with Crippen LogP contribution in [0.2, 0.25) is 0 Å².